The van der Waals surface area contributed by atoms with Gasteiger partial charge < -0.3 is 0 Å². The first-order chi connectivity index (χ1) is 6.93. The molecule has 0 heterocycles. The van der Waals surface area contributed by atoms with Crippen LogP contribution in [0.5, 0.6) is 0 Å². The van der Waals surface area contributed by atoms with Gasteiger partial charge in [0.1, 0.15) is 5.78 Å². The molecule has 0 aliphatic rings. The van der Waals surface area contributed by atoms with E-state index in [1.54, 1.807) is 6.07 Å². The number of halogens is 4. The number of rotatable bonds is 3. The molecule has 0 aliphatic carbocycles. The van der Waals surface area contributed by atoms with Crippen molar-refractivity contribution < 1.29 is 13.6 Å². The summed E-state index contributed by atoms with van der Waals surface area (Å²) in [6.45, 7) is 1.36. The van der Waals surface area contributed by atoms with E-state index in [1.807, 2.05) is 0 Å². The number of carbonyl (C=O) groups excluding carboxylic acids is 1. The average molecular weight is 342 g/mol. The first-order valence-electron chi connectivity index (χ1n) is 4.15. The van der Waals surface area contributed by atoms with Crippen LogP contribution >= 0.6 is 31.9 Å². The van der Waals surface area contributed by atoms with Gasteiger partial charge in [0.2, 0.25) is 0 Å². The third-order valence-corrected chi connectivity index (χ3v) is 3.55. The second-order valence-electron chi connectivity index (χ2n) is 3.05. The third kappa shape index (κ3) is 3.08. The van der Waals surface area contributed by atoms with Crippen molar-refractivity contribution in [2.75, 3.05) is 0 Å². The van der Waals surface area contributed by atoms with E-state index in [-0.39, 0.29) is 11.3 Å². The summed E-state index contributed by atoms with van der Waals surface area (Å²) in [6.07, 6.45) is -2.59. The van der Waals surface area contributed by atoms with Crippen LogP contribution in [0.1, 0.15) is 29.3 Å². The van der Waals surface area contributed by atoms with Gasteiger partial charge in [0.05, 0.1) is 4.83 Å². The minimum atomic E-state index is -2.59. The zero-order valence-electron chi connectivity index (χ0n) is 7.81. The number of carbonyl (C=O) groups is 1. The summed E-state index contributed by atoms with van der Waals surface area (Å²) in [5.74, 6) is -0.195. The predicted octanol–water partition coefficient (Wildman–Crippen LogP) is 4.41. The Morgan fingerprint density at radius 2 is 1.93 bits per heavy atom. The molecule has 0 N–H and O–H groups in total. The molecule has 1 aromatic rings. The second kappa shape index (κ2) is 5.16. The van der Waals surface area contributed by atoms with E-state index in [0.29, 0.717) is 10.0 Å². The van der Waals surface area contributed by atoms with Crippen LogP contribution in [0.4, 0.5) is 8.78 Å². The minimum Gasteiger partial charge on any atom is -0.298 e. The zero-order chi connectivity index (χ0) is 11.6. The van der Waals surface area contributed by atoms with Gasteiger partial charge in [-0.2, -0.15) is 0 Å². The highest BCUT2D eigenvalue weighted by molar-refractivity contribution is 9.10. The fourth-order valence-corrected chi connectivity index (χ4v) is 1.98. The van der Waals surface area contributed by atoms with Crippen LogP contribution < -0.4 is 0 Å². The molecule has 0 saturated carbocycles. The fourth-order valence-electron chi connectivity index (χ4n) is 1.18. The number of alkyl halides is 3. The topological polar surface area (TPSA) is 17.1 Å². The van der Waals surface area contributed by atoms with Crippen molar-refractivity contribution in [1.29, 1.82) is 0 Å². The SMILES string of the molecule is CC(=O)C(Br)c1ccc(Br)cc1C(F)F. The normalized spacial score (nSPS) is 12.9. The van der Waals surface area contributed by atoms with Crippen LogP contribution in [0.25, 0.3) is 0 Å². The van der Waals surface area contributed by atoms with E-state index < -0.39 is 11.3 Å². The molecule has 1 aromatic carbocycles. The smallest absolute Gasteiger partial charge is 0.264 e. The Labute approximate surface area is 103 Å². The van der Waals surface area contributed by atoms with E-state index in [0.717, 1.165) is 0 Å². The van der Waals surface area contributed by atoms with Crippen molar-refractivity contribution >= 4 is 37.6 Å². The summed E-state index contributed by atoms with van der Waals surface area (Å²) in [6, 6.07) is 4.49. The maximum atomic E-state index is 12.7. The van der Waals surface area contributed by atoms with Gasteiger partial charge >= 0.3 is 0 Å². The van der Waals surface area contributed by atoms with Gasteiger partial charge in [-0.25, -0.2) is 8.78 Å². The van der Waals surface area contributed by atoms with Gasteiger partial charge in [-0.05, 0) is 24.6 Å². The molecular formula is C10H8Br2F2O. The molecule has 15 heavy (non-hydrogen) atoms. The molecule has 0 spiro atoms. The molecule has 1 rings (SSSR count). The quantitative estimate of drug-likeness (QED) is 0.744. The Hall–Kier alpha value is -0.290. The van der Waals surface area contributed by atoms with E-state index in [4.69, 9.17) is 0 Å². The Bertz CT molecular complexity index is 380. The maximum Gasteiger partial charge on any atom is 0.264 e. The Kier molecular flexibility index (Phi) is 4.40. The van der Waals surface area contributed by atoms with Crippen LogP contribution in [0.15, 0.2) is 22.7 Å². The van der Waals surface area contributed by atoms with E-state index in [1.165, 1.54) is 19.1 Å². The van der Waals surface area contributed by atoms with Crippen molar-refractivity contribution in [3.05, 3.63) is 33.8 Å². The summed E-state index contributed by atoms with van der Waals surface area (Å²) in [7, 11) is 0. The van der Waals surface area contributed by atoms with Crippen molar-refractivity contribution in [2.24, 2.45) is 0 Å². The van der Waals surface area contributed by atoms with Crippen molar-refractivity contribution in [1.82, 2.24) is 0 Å². The summed E-state index contributed by atoms with van der Waals surface area (Å²) >= 11 is 6.21. The lowest BCUT2D eigenvalue weighted by molar-refractivity contribution is -0.116. The average Bonchev–Trinajstić information content (AvgIpc) is 2.16. The van der Waals surface area contributed by atoms with E-state index in [2.05, 4.69) is 31.9 Å². The first kappa shape index (κ1) is 12.8. The highest BCUT2D eigenvalue weighted by Gasteiger charge is 2.21. The third-order valence-electron chi connectivity index (χ3n) is 1.91. The minimum absolute atomic E-state index is 0.124. The van der Waals surface area contributed by atoms with E-state index >= 15 is 0 Å². The summed E-state index contributed by atoms with van der Waals surface area (Å²) in [4.78, 5) is 10.4. The molecule has 0 fully saturated rings. The van der Waals surface area contributed by atoms with Gasteiger partial charge in [0.25, 0.3) is 6.43 Å². The van der Waals surface area contributed by atoms with Crippen LogP contribution in [0, 0.1) is 0 Å². The molecule has 1 unspecified atom stereocenters. The Balaban J connectivity index is 3.22. The molecule has 0 aliphatic heterocycles. The number of hydrogen-bond donors (Lipinski definition) is 0. The van der Waals surface area contributed by atoms with Gasteiger partial charge in [0.15, 0.2) is 0 Å². The van der Waals surface area contributed by atoms with Gasteiger partial charge in [-0.15, -0.1) is 0 Å². The largest absolute Gasteiger partial charge is 0.298 e. The lowest BCUT2D eigenvalue weighted by Crippen LogP contribution is -2.05. The summed E-state index contributed by atoms with van der Waals surface area (Å²) in [5.41, 5.74) is 0.196. The second-order valence-corrected chi connectivity index (χ2v) is 4.88. The number of benzene rings is 1. The molecule has 0 bridgehead atoms. The highest BCUT2D eigenvalue weighted by atomic mass is 79.9. The molecule has 0 amide bonds. The molecule has 0 radical (unpaired) electrons. The van der Waals surface area contributed by atoms with Crippen molar-refractivity contribution in [3.8, 4) is 0 Å². The lowest BCUT2D eigenvalue weighted by Gasteiger charge is -2.12. The number of Topliss-reactive ketones (excluding diaryl/α,β-unsaturated/α-hetero) is 1. The maximum absolute atomic E-state index is 12.7. The molecular weight excluding hydrogens is 334 g/mol. The lowest BCUT2D eigenvalue weighted by atomic mass is 10.0. The van der Waals surface area contributed by atoms with Crippen LogP contribution in [0.2, 0.25) is 0 Å². The summed E-state index contributed by atoms with van der Waals surface area (Å²) < 4.78 is 25.9. The molecule has 0 aromatic heterocycles. The van der Waals surface area contributed by atoms with Gasteiger partial charge in [-0.1, -0.05) is 37.9 Å². The standard InChI is InChI=1S/C10H8Br2F2O/c1-5(15)9(12)7-3-2-6(11)4-8(7)10(13)14/h2-4,9-10H,1H3. The van der Waals surface area contributed by atoms with Crippen LogP contribution in [-0.4, -0.2) is 5.78 Å². The molecule has 0 saturated heterocycles. The monoisotopic (exact) mass is 340 g/mol. The van der Waals surface area contributed by atoms with Gasteiger partial charge in [-0.3, -0.25) is 4.79 Å². The highest BCUT2D eigenvalue weighted by Crippen LogP contribution is 2.34. The molecule has 1 atom stereocenters. The first-order valence-corrected chi connectivity index (χ1v) is 5.86. The molecule has 1 nitrogen and oxygen atoms in total. The fraction of sp³-hybridized carbons (Fsp3) is 0.300. The van der Waals surface area contributed by atoms with Crippen LogP contribution in [-0.2, 0) is 4.79 Å². The van der Waals surface area contributed by atoms with Crippen molar-refractivity contribution in [3.63, 3.8) is 0 Å². The summed E-state index contributed by atoms with van der Waals surface area (Å²) in [5, 5.41) is 0. The Morgan fingerprint density at radius 3 is 2.40 bits per heavy atom. The van der Waals surface area contributed by atoms with Crippen LogP contribution in [0.3, 0.4) is 0 Å². The van der Waals surface area contributed by atoms with E-state index in [9.17, 15) is 13.6 Å². The number of hydrogen-bond acceptors (Lipinski definition) is 1. The number of ketones is 1. The zero-order valence-corrected chi connectivity index (χ0v) is 11.0. The Morgan fingerprint density at radius 1 is 1.33 bits per heavy atom. The molecule has 5 heteroatoms. The molecule has 82 valence electrons. The van der Waals surface area contributed by atoms with Gasteiger partial charge in [0, 0.05) is 10.0 Å². The van der Waals surface area contributed by atoms with Crippen molar-refractivity contribution in [2.45, 2.75) is 18.2 Å². The predicted molar refractivity (Wildman–Crippen MR) is 61.4 cm³/mol.